The van der Waals surface area contributed by atoms with Crippen molar-refractivity contribution in [3.63, 3.8) is 0 Å². The van der Waals surface area contributed by atoms with E-state index < -0.39 is 0 Å². The molecule has 1 atom stereocenters. The van der Waals surface area contributed by atoms with Crippen LogP contribution in [0.25, 0.3) is 0 Å². The molecule has 0 N–H and O–H groups in total. The highest BCUT2D eigenvalue weighted by Crippen LogP contribution is 2.24. The number of isocyanates is 1. The van der Waals surface area contributed by atoms with Gasteiger partial charge >= 0.3 is 0 Å². The van der Waals surface area contributed by atoms with E-state index in [0.717, 1.165) is 17.1 Å². The normalized spacial score (nSPS) is 11.4. The van der Waals surface area contributed by atoms with E-state index >= 15 is 0 Å². The predicted octanol–water partition coefficient (Wildman–Crippen LogP) is 3.88. The van der Waals surface area contributed by atoms with Crippen molar-refractivity contribution in [2.45, 2.75) is 13.0 Å². The highest BCUT2D eigenvalue weighted by Gasteiger charge is 2.03. The lowest BCUT2D eigenvalue weighted by molar-refractivity contribution is 0.482. The van der Waals surface area contributed by atoms with E-state index in [0.29, 0.717) is 0 Å². The quantitative estimate of drug-likeness (QED) is 0.600. The van der Waals surface area contributed by atoms with Gasteiger partial charge in [0.15, 0.2) is 0 Å². The summed E-state index contributed by atoms with van der Waals surface area (Å²) in [4.78, 5) is 13.8. The lowest BCUT2D eigenvalue weighted by Gasteiger charge is -2.08. The molecule has 0 aromatic heterocycles. The highest BCUT2D eigenvalue weighted by atomic mass is 16.5. The van der Waals surface area contributed by atoms with E-state index in [4.69, 9.17) is 4.74 Å². The van der Waals surface area contributed by atoms with Gasteiger partial charge in [0, 0.05) is 0 Å². The fraction of sp³-hybridized carbons (Fsp3) is 0.133. The molecule has 0 radical (unpaired) electrons. The molecule has 0 heterocycles. The van der Waals surface area contributed by atoms with Gasteiger partial charge in [-0.15, -0.1) is 0 Å². The first-order valence-corrected chi connectivity index (χ1v) is 5.69. The van der Waals surface area contributed by atoms with Crippen LogP contribution in [0.5, 0.6) is 11.5 Å². The van der Waals surface area contributed by atoms with Gasteiger partial charge in [-0.3, -0.25) is 0 Å². The second kappa shape index (κ2) is 5.80. The molecule has 18 heavy (non-hydrogen) atoms. The van der Waals surface area contributed by atoms with E-state index in [1.807, 2.05) is 61.5 Å². The predicted molar refractivity (Wildman–Crippen MR) is 69.5 cm³/mol. The fourth-order valence-electron chi connectivity index (χ4n) is 1.59. The minimum absolute atomic E-state index is 0.173. The standard InChI is InChI=1S/C15H13NO2/c1-12(16-11-17)13-7-9-15(10-8-13)18-14-5-3-2-4-6-14/h2-10,12H,1H3. The minimum Gasteiger partial charge on any atom is -0.457 e. The second-order valence-electron chi connectivity index (χ2n) is 3.88. The molecule has 90 valence electrons. The SMILES string of the molecule is CC(N=C=O)c1ccc(Oc2ccccc2)cc1. The number of rotatable bonds is 4. The molecule has 0 amide bonds. The van der Waals surface area contributed by atoms with Gasteiger partial charge in [-0.05, 0) is 36.8 Å². The van der Waals surface area contributed by atoms with E-state index in [9.17, 15) is 4.79 Å². The summed E-state index contributed by atoms with van der Waals surface area (Å²) in [7, 11) is 0. The summed E-state index contributed by atoms with van der Waals surface area (Å²) in [5.41, 5.74) is 0.957. The van der Waals surface area contributed by atoms with E-state index in [1.165, 1.54) is 0 Å². The number of para-hydroxylation sites is 1. The molecular weight excluding hydrogens is 226 g/mol. The van der Waals surface area contributed by atoms with Gasteiger partial charge in [-0.1, -0.05) is 30.3 Å². The molecule has 3 nitrogen and oxygen atoms in total. The number of hydrogen-bond donors (Lipinski definition) is 0. The van der Waals surface area contributed by atoms with Crippen LogP contribution in [0.1, 0.15) is 18.5 Å². The minimum atomic E-state index is -0.173. The molecule has 0 aliphatic heterocycles. The van der Waals surface area contributed by atoms with Gasteiger partial charge in [0.1, 0.15) is 11.5 Å². The molecule has 2 rings (SSSR count). The fourth-order valence-corrected chi connectivity index (χ4v) is 1.59. The third kappa shape index (κ3) is 3.06. The third-order valence-corrected chi connectivity index (χ3v) is 2.59. The van der Waals surface area contributed by atoms with Gasteiger partial charge in [0.25, 0.3) is 0 Å². The van der Waals surface area contributed by atoms with Crippen LogP contribution in [-0.2, 0) is 4.79 Å². The van der Waals surface area contributed by atoms with Crippen molar-refractivity contribution in [2.24, 2.45) is 4.99 Å². The number of hydrogen-bond acceptors (Lipinski definition) is 3. The maximum absolute atomic E-state index is 10.2. The molecule has 2 aromatic carbocycles. The van der Waals surface area contributed by atoms with Crippen molar-refractivity contribution < 1.29 is 9.53 Å². The summed E-state index contributed by atoms with van der Waals surface area (Å²) in [6.07, 6.45) is 1.56. The lowest BCUT2D eigenvalue weighted by Crippen LogP contribution is -1.89. The number of carbonyl (C=O) groups excluding carboxylic acids is 1. The molecular formula is C15H13NO2. The summed E-state index contributed by atoms with van der Waals surface area (Å²) in [6.45, 7) is 1.85. The summed E-state index contributed by atoms with van der Waals surface area (Å²) in [5.74, 6) is 1.55. The Morgan fingerprint density at radius 2 is 1.61 bits per heavy atom. The van der Waals surface area contributed by atoms with Crippen LogP contribution in [0, 0.1) is 0 Å². The molecule has 0 bridgehead atoms. The van der Waals surface area contributed by atoms with Gasteiger partial charge in [0.2, 0.25) is 6.08 Å². The van der Waals surface area contributed by atoms with Crippen molar-refractivity contribution >= 4 is 6.08 Å². The highest BCUT2D eigenvalue weighted by molar-refractivity contribution is 5.37. The second-order valence-corrected chi connectivity index (χ2v) is 3.88. The van der Waals surface area contributed by atoms with Crippen LogP contribution < -0.4 is 4.74 Å². The zero-order chi connectivity index (χ0) is 12.8. The maximum Gasteiger partial charge on any atom is 0.235 e. The Kier molecular flexibility index (Phi) is 3.90. The van der Waals surface area contributed by atoms with Crippen LogP contribution in [0.3, 0.4) is 0 Å². The third-order valence-electron chi connectivity index (χ3n) is 2.59. The smallest absolute Gasteiger partial charge is 0.235 e. The molecule has 0 saturated heterocycles. The largest absolute Gasteiger partial charge is 0.457 e. The first-order valence-electron chi connectivity index (χ1n) is 5.69. The molecule has 1 unspecified atom stereocenters. The first kappa shape index (κ1) is 12.1. The van der Waals surface area contributed by atoms with Crippen molar-refractivity contribution in [1.29, 1.82) is 0 Å². The van der Waals surface area contributed by atoms with Crippen LogP contribution in [0.2, 0.25) is 0 Å². The Balaban J connectivity index is 2.11. The Hall–Kier alpha value is -2.38. The van der Waals surface area contributed by atoms with Crippen LogP contribution >= 0.6 is 0 Å². The molecule has 0 aliphatic carbocycles. The Bertz CT molecular complexity index is 542. The monoisotopic (exact) mass is 239 g/mol. The molecule has 2 aromatic rings. The summed E-state index contributed by atoms with van der Waals surface area (Å²) < 4.78 is 5.67. The molecule has 0 saturated carbocycles. The van der Waals surface area contributed by atoms with Crippen LogP contribution in [0.4, 0.5) is 0 Å². The van der Waals surface area contributed by atoms with Crippen LogP contribution in [0.15, 0.2) is 59.6 Å². The molecule has 0 spiro atoms. The van der Waals surface area contributed by atoms with Crippen molar-refractivity contribution in [3.8, 4) is 11.5 Å². The van der Waals surface area contributed by atoms with E-state index in [2.05, 4.69) is 4.99 Å². The number of aliphatic imine (C=N–C) groups is 1. The van der Waals surface area contributed by atoms with Crippen LogP contribution in [-0.4, -0.2) is 6.08 Å². The van der Waals surface area contributed by atoms with E-state index in [1.54, 1.807) is 6.08 Å². The first-order chi connectivity index (χ1) is 8.79. The average molecular weight is 239 g/mol. The van der Waals surface area contributed by atoms with Crippen molar-refractivity contribution in [3.05, 3.63) is 60.2 Å². The summed E-state index contributed by atoms with van der Waals surface area (Å²) in [6, 6.07) is 16.9. The number of nitrogens with zero attached hydrogens (tertiary/aromatic N) is 1. The Labute approximate surface area is 106 Å². The summed E-state index contributed by atoms with van der Waals surface area (Å²) >= 11 is 0. The topological polar surface area (TPSA) is 38.7 Å². The van der Waals surface area contributed by atoms with E-state index in [-0.39, 0.29) is 6.04 Å². The number of ether oxygens (including phenoxy) is 1. The maximum atomic E-state index is 10.2. The molecule has 3 heteroatoms. The Morgan fingerprint density at radius 3 is 2.22 bits per heavy atom. The zero-order valence-corrected chi connectivity index (χ0v) is 10.0. The van der Waals surface area contributed by atoms with Crippen molar-refractivity contribution in [2.75, 3.05) is 0 Å². The average Bonchev–Trinajstić information content (AvgIpc) is 2.41. The summed E-state index contributed by atoms with van der Waals surface area (Å²) in [5, 5.41) is 0. The van der Waals surface area contributed by atoms with Gasteiger partial charge in [0.05, 0.1) is 6.04 Å². The Morgan fingerprint density at radius 1 is 1.00 bits per heavy atom. The van der Waals surface area contributed by atoms with Crippen molar-refractivity contribution in [1.82, 2.24) is 0 Å². The lowest BCUT2D eigenvalue weighted by atomic mass is 10.1. The molecule has 0 fully saturated rings. The van der Waals surface area contributed by atoms with Gasteiger partial charge in [-0.25, -0.2) is 4.79 Å². The van der Waals surface area contributed by atoms with Gasteiger partial charge < -0.3 is 4.74 Å². The van der Waals surface area contributed by atoms with Gasteiger partial charge in [-0.2, -0.15) is 4.99 Å². The molecule has 0 aliphatic rings. The number of benzene rings is 2. The zero-order valence-electron chi connectivity index (χ0n) is 10.0.